The molecule has 0 saturated carbocycles. The van der Waals surface area contributed by atoms with Gasteiger partial charge < -0.3 is 9.84 Å². The molecule has 152 valence electrons. The fourth-order valence-electron chi connectivity index (χ4n) is 3.80. The SMILES string of the molecule is OC(COc1ccc2cc(Br)ccc2c1)CN1CCN(Cc2ccccc2)CC1. The van der Waals surface area contributed by atoms with Crippen molar-refractivity contribution in [2.75, 3.05) is 39.3 Å². The normalized spacial score (nSPS) is 16.8. The number of piperazine rings is 1. The van der Waals surface area contributed by atoms with Crippen LogP contribution in [0.2, 0.25) is 0 Å². The number of fused-ring (bicyclic) bond motifs is 1. The van der Waals surface area contributed by atoms with Gasteiger partial charge in [-0.15, -0.1) is 0 Å². The Morgan fingerprint density at radius 2 is 1.55 bits per heavy atom. The lowest BCUT2D eigenvalue weighted by Crippen LogP contribution is -2.48. The minimum Gasteiger partial charge on any atom is -0.491 e. The molecule has 0 aliphatic carbocycles. The van der Waals surface area contributed by atoms with Crippen molar-refractivity contribution < 1.29 is 9.84 Å². The number of hydrogen-bond acceptors (Lipinski definition) is 4. The monoisotopic (exact) mass is 454 g/mol. The summed E-state index contributed by atoms with van der Waals surface area (Å²) in [6, 6.07) is 22.8. The highest BCUT2D eigenvalue weighted by atomic mass is 79.9. The van der Waals surface area contributed by atoms with E-state index >= 15 is 0 Å². The Morgan fingerprint density at radius 1 is 0.862 bits per heavy atom. The van der Waals surface area contributed by atoms with Gasteiger partial charge in [0.15, 0.2) is 0 Å². The first-order valence-corrected chi connectivity index (χ1v) is 10.9. The van der Waals surface area contributed by atoms with Gasteiger partial charge in [-0.3, -0.25) is 9.80 Å². The Bertz CT molecular complexity index is 927. The van der Waals surface area contributed by atoms with Crippen LogP contribution >= 0.6 is 15.9 Å². The molecule has 0 radical (unpaired) electrons. The highest BCUT2D eigenvalue weighted by Crippen LogP contribution is 2.24. The molecule has 0 bridgehead atoms. The van der Waals surface area contributed by atoms with E-state index in [1.54, 1.807) is 0 Å². The van der Waals surface area contributed by atoms with E-state index in [4.69, 9.17) is 4.74 Å². The van der Waals surface area contributed by atoms with Crippen molar-refractivity contribution in [1.82, 2.24) is 9.80 Å². The Labute approximate surface area is 180 Å². The van der Waals surface area contributed by atoms with Crippen molar-refractivity contribution in [2.45, 2.75) is 12.6 Å². The lowest BCUT2D eigenvalue weighted by atomic mass is 10.1. The number of hydrogen-bond donors (Lipinski definition) is 1. The van der Waals surface area contributed by atoms with Gasteiger partial charge >= 0.3 is 0 Å². The summed E-state index contributed by atoms with van der Waals surface area (Å²) in [6.07, 6.45) is -0.490. The summed E-state index contributed by atoms with van der Waals surface area (Å²) in [4.78, 5) is 4.80. The van der Waals surface area contributed by atoms with E-state index in [0.717, 1.165) is 48.3 Å². The average Bonchev–Trinajstić information content (AvgIpc) is 2.74. The predicted molar refractivity (Wildman–Crippen MR) is 121 cm³/mol. The highest BCUT2D eigenvalue weighted by Gasteiger charge is 2.19. The molecule has 0 aromatic heterocycles. The predicted octanol–water partition coefficient (Wildman–Crippen LogP) is 4.16. The lowest BCUT2D eigenvalue weighted by Gasteiger charge is -2.35. The number of aliphatic hydroxyl groups excluding tert-OH is 1. The maximum atomic E-state index is 10.4. The van der Waals surface area contributed by atoms with Crippen LogP contribution < -0.4 is 4.74 Å². The number of halogens is 1. The molecule has 3 aromatic carbocycles. The second-order valence-electron chi connectivity index (χ2n) is 7.68. The zero-order chi connectivity index (χ0) is 20.1. The first-order chi connectivity index (χ1) is 14.2. The molecule has 3 aromatic rings. The van der Waals surface area contributed by atoms with Crippen LogP contribution in [0.15, 0.2) is 71.2 Å². The van der Waals surface area contributed by atoms with E-state index in [9.17, 15) is 5.11 Å². The summed E-state index contributed by atoms with van der Waals surface area (Å²) in [5.41, 5.74) is 1.36. The highest BCUT2D eigenvalue weighted by molar-refractivity contribution is 9.10. The van der Waals surface area contributed by atoms with Gasteiger partial charge in [0.2, 0.25) is 0 Å². The van der Waals surface area contributed by atoms with Crippen molar-refractivity contribution in [3.63, 3.8) is 0 Å². The van der Waals surface area contributed by atoms with Gasteiger partial charge in [0, 0.05) is 43.7 Å². The number of benzene rings is 3. The smallest absolute Gasteiger partial charge is 0.120 e. The van der Waals surface area contributed by atoms with Crippen molar-refractivity contribution in [1.29, 1.82) is 0 Å². The first-order valence-electron chi connectivity index (χ1n) is 10.1. The van der Waals surface area contributed by atoms with Crippen molar-refractivity contribution >= 4 is 26.7 Å². The standard InChI is InChI=1S/C24H27BrN2O2/c25-22-8-6-21-15-24(9-7-20(21)14-22)29-18-23(28)17-27-12-10-26(11-13-27)16-19-4-2-1-3-5-19/h1-9,14-15,23,28H,10-13,16-18H2. The van der Waals surface area contributed by atoms with Crippen LogP contribution in [-0.2, 0) is 6.54 Å². The molecule has 1 aliphatic heterocycles. The van der Waals surface area contributed by atoms with Crippen LogP contribution in [0.5, 0.6) is 5.75 Å². The summed E-state index contributed by atoms with van der Waals surface area (Å²) in [5, 5.41) is 12.7. The summed E-state index contributed by atoms with van der Waals surface area (Å²) < 4.78 is 6.92. The second-order valence-corrected chi connectivity index (χ2v) is 8.60. The third kappa shape index (κ3) is 5.80. The van der Waals surface area contributed by atoms with E-state index in [-0.39, 0.29) is 0 Å². The molecule has 1 fully saturated rings. The molecule has 0 amide bonds. The number of ether oxygens (including phenoxy) is 1. The van der Waals surface area contributed by atoms with Gasteiger partial charge in [-0.1, -0.05) is 58.4 Å². The molecule has 0 spiro atoms. The van der Waals surface area contributed by atoms with E-state index in [1.807, 2.05) is 24.3 Å². The van der Waals surface area contributed by atoms with Crippen LogP contribution in [0.4, 0.5) is 0 Å². The number of β-amino-alcohol motifs (C(OH)–C–C–N with tert-alkyl or cyclic N) is 1. The van der Waals surface area contributed by atoms with E-state index in [2.05, 4.69) is 68.2 Å². The molecule has 1 saturated heterocycles. The van der Waals surface area contributed by atoms with E-state index in [1.165, 1.54) is 10.9 Å². The molecular weight excluding hydrogens is 428 g/mol. The zero-order valence-electron chi connectivity index (χ0n) is 16.5. The number of rotatable bonds is 7. The topological polar surface area (TPSA) is 35.9 Å². The molecule has 5 heteroatoms. The summed E-state index contributed by atoms with van der Waals surface area (Å²) >= 11 is 3.50. The number of aliphatic hydroxyl groups is 1. The lowest BCUT2D eigenvalue weighted by molar-refractivity contribution is 0.0446. The quantitative estimate of drug-likeness (QED) is 0.581. The summed E-state index contributed by atoms with van der Waals surface area (Å²) in [5.74, 6) is 0.798. The fraction of sp³-hybridized carbons (Fsp3) is 0.333. The summed E-state index contributed by atoms with van der Waals surface area (Å²) in [6.45, 7) is 5.99. The number of nitrogens with zero attached hydrogens (tertiary/aromatic N) is 2. The van der Waals surface area contributed by atoms with E-state index < -0.39 is 6.10 Å². The molecule has 4 nitrogen and oxygen atoms in total. The van der Waals surface area contributed by atoms with Gasteiger partial charge in [0.25, 0.3) is 0 Å². The Balaban J connectivity index is 1.21. The van der Waals surface area contributed by atoms with Gasteiger partial charge in [0.1, 0.15) is 18.5 Å². The van der Waals surface area contributed by atoms with Crippen molar-refractivity contribution in [3.05, 3.63) is 76.8 Å². The van der Waals surface area contributed by atoms with Crippen molar-refractivity contribution in [3.8, 4) is 5.75 Å². The molecule has 1 aliphatic rings. The maximum Gasteiger partial charge on any atom is 0.120 e. The molecule has 1 N–H and O–H groups in total. The fourth-order valence-corrected chi connectivity index (χ4v) is 4.18. The molecule has 4 rings (SSSR count). The Hall–Kier alpha value is -1.92. The minimum atomic E-state index is -0.490. The van der Waals surface area contributed by atoms with Crippen LogP contribution in [0.3, 0.4) is 0 Å². The Kier molecular flexibility index (Phi) is 6.82. The minimum absolute atomic E-state index is 0.312. The summed E-state index contributed by atoms with van der Waals surface area (Å²) in [7, 11) is 0. The van der Waals surface area contributed by atoms with Gasteiger partial charge in [-0.25, -0.2) is 0 Å². The second kappa shape index (κ2) is 9.72. The third-order valence-electron chi connectivity index (χ3n) is 5.40. The average molecular weight is 455 g/mol. The van der Waals surface area contributed by atoms with Gasteiger partial charge in [-0.2, -0.15) is 0 Å². The van der Waals surface area contributed by atoms with Crippen LogP contribution in [0, 0.1) is 0 Å². The zero-order valence-corrected chi connectivity index (χ0v) is 18.1. The maximum absolute atomic E-state index is 10.4. The van der Waals surface area contributed by atoms with Gasteiger partial charge in [0.05, 0.1) is 0 Å². The molecule has 1 heterocycles. The van der Waals surface area contributed by atoms with Crippen LogP contribution in [0.1, 0.15) is 5.56 Å². The molecule has 29 heavy (non-hydrogen) atoms. The Morgan fingerprint density at radius 3 is 2.34 bits per heavy atom. The van der Waals surface area contributed by atoms with Crippen LogP contribution in [0.25, 0.3) is 10.8 Å². The van der Waals surface area contributed by atoms with Crippen molar-refractivity contribution in [2.24, 2.45) is 0 Å². The van der Waals surface area contributed by atoms with Crippen LogP contribution in [-0.4, -0.2) is 60.3 Å². The third-order valence-corrected chi connectivity index (χ3v) is 5.89. The van der Waals surface area contributed by atoms with Gasteiger partial charge in [-0.05, 0) is 40.6 Å². The molecule has 1 unspecified atom stereocenters. The first kappa shape index (κ1) is 20.4. The molecular formula is C24H27BrN2O2. The van der Waals surface area contributed by atoms with E-state index in [0.29, 0.717) is 13.2 Å². The molecule has 1 atom stereocenters. The largest absolute Gasteiger partial charge is 0.491 e.